The Morgan fingerprint density at radius 3 is 2.92 bits per heavy atom. The molecule has 0 unspecified atom stereocenters. The summed E-state index contributed by atoms with van der Waals surface area (Å²) in [6.07, 6.45) is 3.25. The molecule has 0 spiro atoms. The number of carbonyl (C=O) groups excluding carboxylic acids is 1. The summed E-state index contributed by atoms with van der Waals surface area (Å²) in [4.78, 5) is 16.3. The fraction of sp³-hybridized carbons (Fsp3) is 0.167. The normalized spacial score (nSPS) is 10.6. The van der Waals surface area contributed by atoms with E-state index in [2.05, 4.69) is 34.5 Å². The number of benzene rings is 1. The number of aryl methyl sites for hydroxylation is 1. The maximum Gasteiger partial charge on any atom is 0.235 e. The Bertz CT molecular complexity index is 864. The fourth-order valence-corrected chi connectivity index (χ4v) is 3.07. The van der Waals surface area contributed by atoms with Crippen molar-refractivity contribution in [3.05, 3.63) is 71.0 Å². The first-order valence-corrected chi connectivity index (χ1v) is 9.08. The van der Waals surface area contributed by atoms with Crippen molar-refractivity contribution in [1.82, 2.24) is 14.8 Å². The highest BCUT2D eigenvalue weighted by Crippen LogP contribution is 2.18. The minimum absolute atomic E-state index is 0.104. The first-order chi connectivity index (χ1) is 12.1. The summed E-state index contributed by atoms with van der Waals surface area (Å²) in [5.74, 6) is 0.841. The second-order valence-corrected chi connectivity index (χ2v) is 6.95. The number of halogens is 1. The molecule has 0 saturated carbocycles. The van der Waals surface area contributed by atoms with E-state index in [0.29, 0.717) is 17.4 Å². The van der Waals surface area contributed by atoms with E-state index in [1.807, 2.05) is 12.1 Å². The Balaban J connectivity index is 1.58. The number of amides is 1. The lowest BCUT2D eigenvalue weighted by Gasteiger charge is -2.09. The van der Waals surface area contributed by atoms with Crippen molar-refractivity contribution in [2.75, 3.05) is 11.1 Å². The zero-order chi connectivity index (χ0) is 17.6. The van der Waals surface area contributed by atoms with Gasteiger partial charge in [-0.1, -0.05) is 53.2 Å². The third-order valence-electron chi connectivity index (χ3n) is 3.45. The Morgan fingerprint density at radius 1 is 1.28 bits per heavy atom. The van der Waals surface area contributed by atoms with E-state index in [1.54, 1.807) is 35.3 Å². The van der Waals surface area contributed by atoms with Crippen LogP contribution in [0.4, 0.5) is 5.82 Å². The number of anilines is 1. The van der Waals surface area contributed by atoms with Crippen LogP contribution in [0, 0.1) is 6.92 Å². The highest BCUT2D eigenvalue weighted by Gasteiger charge is 2.09. The first kappa shape index (κ1) is 17.5. The van der Waals surface area contributed by atoms with Gasteiger partial charge in [0.25, 0.3) is 0 Å². The quantitative estimate of drug-likeness (QED) is 0.664. The molecular weight excluding hydrogens is 356 g/mol. The molecule has 128 valence electrons. The molecule has 0 aliphatic heterocycles. The third-order valence-corrected chi connectivity index (χ3v) is 4.62. The number of nitrogens with one attached hydrogen (secondary N) is 1. The molecule has 0 atom stereocenters. The van der Waals surface area contributed by atoms with Gasteiger partial charge in [-0.2, -0.15) is 5.10 Å². The van der Waals surface area contributed by atoms with Gasteiger partial charge in [0, 0.05) is 12.3 Å². The monoisotopic (exact) mass is 372 g/mol. The van der Waals surface area contributed by atoms with Crippen LogP contribution >= 0.6 is 23.4 Å². The number of carbonyl (C=O) groups is 1. The van der Waals surface area contributed by atoms with Gasteiger partial charge in [0.2, 0.25) is 5.91 Å². The van der Waals surface area contributed by atoms with Gasteiger partial charge < -0.3 is 5.32 Å². The predicted molar refractivity (Wildman–Crippen MR) is 101 cm³/mol. The van der Waals surface area contributed by atoms with Gasteiger partial charge in [-0.05, 0) is 24.6 Å². The van der Waals surface area contributed by atoms with Crippen LogP contribution in [-0.4, -0.2) is 26.4 Å². The van der Waals surface area contributed by atoms with Gasteiger partial charge in [0.15, 0.2) is 0 Å². The summed E-state index contributed by atoms with van der Waals surface area (Å²) in [7, 11) is 0. The number of rotatable bonds is 6. The van der Waals surface area contributed by atoms with E-state index < -0.39 is 0 Å². The molecular formula is C18H17ClN4OS. The number of thioether (sulfide) groups is 1. The lowest BCUT2D eigenvalue weighted by Crippen LogP contribution is -2.18. The third kappa shape index (κ3) is 5.08. The molecule has 1 N–H and O–H groups in total. The first-order valence-electron chi connectivity index (χ1n) is 7.72. The second kappa shape index (κ2) is 8.18. The molecule has 0 radical (unpaired) electrons. The van der Waals surface area contributed by atoms with Crippen LogP contribution in [0.25, 0.3) is 0 Å². The zero-order valence-electron chi connectivity index (χ0n) is 13.6. The van der Waals surface area contributed by atoms with Crippen LogP contribution in [0.3, 0.4) is 0 Å². The molecule has 0 aliphatic rings. The topological polar surface area (TPSA) is 59.8 Å². The maximum atomic E-state index is 12.2. The predicted octanol–water partition coefficient (Wildman–Crippen LogP) is 4.02. The lowest BCUT2D eigenvalue weighted by molar-refractivity contribution is -0.113. The summed E-state index contributed by atoms with van der Waals surface area (Å²) in [5.41, 5.74) is 2.33. The van der Waals surface area contributed by atoms with Gasteiger partial charge in [0.05, 0.1) is 28.5 Å². The van der Waals surface area contributed by atoms with E-state index in [0.717, 1.165) is 10.6 Å². The maximum absolute atomic E-state index is 12.2. The highest BCUT2D eigenvalue weighted by molar-refractivity contribution is 7.99. The molecule has 0 fully saturated rings. The molecule has 0 bridgehead atoms. The van der Waals surface area contributed by atoms with Crippen LogP contribution in [0.5, 0.6) is 0 Å². The Labute approximate surface area is 155 Å². The van der Waals surface area contributed by atoms with Crippen molar-refractivity contribution in [1.29, 1.82) is 0 Å². The minimum Gasteiger partial charge on any atom is -0.310 e. The molecule has 2 heterocycles. The average Bonchev–Trinajstić information content (AvgIpc) is 3.01. The van der Waals surface area contributed by atoms with Gasteiger partial charge in [0.1, 0.15) is 5.82 Å². The second-order valence-electron chi connectivity index (χ2n) is 5.51. The smallest absolute Gasteiger partial charge is 0.235 e. The van der Waals surface area contributed by atoms with E-state index in [1.165, 1.54) is 17.3 Å². The van der Waals surface area contributed by atoms with Crippen molar-refractivity contribution in [2.24, 2.45) is 0 Å². The van der Waals surface area contributed by atoms with Crippen molar-refractivity contribution in [3.63, 3.8) is 0 Å². The minimum atomic E-state index is -0.104. The zero-order valence-corrected chi connectivity index (χ0v) is 15.2. The summed E-state index contributed by atoms with van der Waals surface area (Å²) in [5, 5.41) is 8.52. The van der Waals surface area contributed by atoms with Crippen LogP contribution < -0.4 is 5.32 Å². The molecule has 0 aliphatic carbocycles. The van der Waals surface area contributed by atoms with Gasteiger partial charge in [-0.25, -0.2) is 9.67 Å². The van der Waals surface area contributed by atoms with Crippen molar-refractivity contribution in [3.8, 4) is 0 Å². The van der Waals surface area contributed by atoms with E-state index in [4.69, 9.17) is 11.6 Å². The van der Waals surface area contributed by atoms with Gasteiger partial charge in [-0.3, -0.25) is 4.79 Å². The average molecular weight is 373 g/mol. The van der Waals surface area contributed by atoms with Crippen molar-refractivity contribution >= 4 is 35.1 Å². The number of hydrogen-bond donors (Lipinski definition) is 1. The summed E-state index contributed by atoms with van der Waals surface area (Å²) in [6.45, 7) is 2.66. The van der Waals surface area contributed by atoms with Crippen LogP contribution in [0.2, 0.25) is 5.02 Å². The van der Waals surface area contributed by atoms with E-state index in [9.17, 15) is 4.79 Å². The van der Waals surface area contributed by atoms with E-state index in [-0.39, 0.29) is 11.7 Å². The molecule has 1 amide bonds. The number of nitrogens with zero attached hydrogens (tertiary/aromatic N) is 3. The molecule has 5 nitrogen and oxygen atoms in total. The summed E-state index contributed by atoms with van der Waals surface area (Å²) in [6, 6.07) is 13.6. The summed E-state index contributed by atoms with van der Waals surface area (Å²) >= 11 is 7.16. The fourth-order valence-electron chi connectivity index (χ4n) is 2.31. The molecule has 25 heavy (non-hydrogen) atoms. The Morgan fingerprint density at radius 2 is 2.16 bits per heavy atom. The van der Waals surface area contributed by atoms with Crippen LogP contribution in [0.1, 0.15) is 11.1 Å². The molecule has 0 saturated heterocycles. The van der Waals surface area contributed by atoms with Crippen molar-refractivity contribution < 1.29 is 4.79 Å². The number of pyridine rings is 1. The number of aromatic nitrogens is 3. The molecule has 1 aromatic carbocycles. The molecule has 3 rings (SSSR count). The Hall–Kier alpha value is -2.31. The Kier molecular flexibility index (Phi) is 5.73. The largest absolute Gasteiger partial charge is 0.310 e. The van der Waals surface area contributed by atoms with Gasteiger partial charge in [-0.15, -0.1) is 0 Å². The van der Waals surface area contributed by atoms with Crippen molar-refractivity contribution in [2.45, 2.75) is 18.5 Å². The summed E-state index contributed by atoms with van der Waals surface area (Å²) < 4.78 is 1.78. The molecule has 2 aromatic heterocycles. The SMILES string of the molecule is Cc1cccc(Cn2nccc2NC(=O)CSc2ccc(Cl)cn2)c1. The highest BCUT2D eigenvalue weighted by atomic mass is 35.5. The van der Waals surface area contributed by atoms with E-state index >= 15 is 0 Å². The lowest BCUT2D eigenvalue weighted by atomic mass is 10.1. The molecule has 3 aromatic rings. The number of hydrogen-bond acceptors (Lipinski definition) is 4. The molecule has 7 heteroatoms. The van der Waals surface area contributed by atoms with Crippen LogP contribution in [-0.2, 0) is 11.3 Å². The standard InChI is InChI=1S/C18H17ClN4OS/c1-13-3-2-4-14(9-13)11-23-16(7-8-21-23)22-17(24)12-25-18-6-5-15(19)10-20-18/h2-10H,11-12H2,1H3,(H,22,24). The van der Waals surface area contributed by atoms with Gasteiger partial charge >= 0.3 is 0 Å². The van der Waals surface area contributed by atoms with Crippen LogP contribution in [0.15, 0.2) is 59.9 Å².